The molecule has 1 saturated heterocycles. The van der Waals surface area contributed by atoms with Crippen LogP contribution < -0.4 is 0 Å². The van der Waals surface area contributed by atoms with E-state index in [0.29, 0.717) is 13.0 Å². The van der Waals surface area contributed by atoms with Gasteiger partial charge in [-0.1, -0.05) is 42.5 Å². The monoisotopic (exact) mass is 473 g/mol. The number of nitriles is 1. The van der Waals surface area contributed by atoms with E-state index in [4.69, 9.17) is 4.74 Å². The number of rotatable bonds is 5. The highest BCUT2D eigenvalue weighted by Gasteiger charge is 2.34. The number of halogens is 1. The van der Waals surface area contributed by atoms with Gasteiger partial charge in [-0.15, -0.1) is 0 Å². The molecule has 35 heavy (non-hydrogen) atoms. The molecule has 1 amide bonds. The zero-order valence-corrected chi connectivity index (χ0v) is 20.7. The van der Waals surface area contributed by atoms with Crippen molar-refractivity contribution in [2.45, 2.75) is 52.7 Å². The second kappa shape index (κ2) is 11.6. The zero-order chi connectivity index (χ0) is 25.4. The second-order valence-corrected chi connectivity index (χ2v) is 9.47. The third-order valence-electron chi connectivity index (χ3n) is 6.06. The molecule has 0 N–H and O–H groups in total. The second-order valence-electron chi connectivity index (χ2n) is 9.47. The van der Waals surface area contributed by atoms with Crippen molar-refractivity contribution in [3.05, 3.63) is 90.0 Å². The molecular formula is C29H32FN3O2. The molecule has 0 radical (unpaired) electrons. The lowest BCUT2D eigenvalue weighted by Crippen LogP contribution is -2.44. The molecule has 2 aromatic carbocycles. The largest absolute Gasteiger partial charge is 0.446 e. The number of hydrogen-bond acceptors (Lipinski definition) is 4. The summed E-state index contributed by atoms with van der Waals surface area (Å²) in [5.41, 5.74) is 3.83. The van der Waals surface area contributed by atoms with E-state index in [1.165, 1.54) is 12.1 Å². The van der Waals surface area contributed by atoms with E-state index in [1.807, 2.05) is 40.0 Å². The number of ether oxygens (including phenoxy) is 1. The van der Waals surface area contributed by atoms with Crippen LogP contribution in [-0.2, 0) is 4.74 Å². The van der Waals surface area contributed by atoms with Gasteiger partial charge in [0, 0.05) is 31.3 Å². The predicted octanol–water partition coefficient (Wildman–Crippen LogP) is 7.09. The van der Waals surface area contributed by atoms with Gasteiger partial charge in [-0.2, -0.15) is 5.26 Å². The molecule has 4 rings (SSSR count). The Morgan fingerprint density at radius 3 is 2.37 bits per heavy atom. The minimum absolute atomic E-state index is 0.0642. The summed E-state index contributed by atoms with van der Waals surface area (Å²) in [5, 5.41) is 9.19. The van der Waals surface area contributed by atoms with Gasteiger partial charge in [-0.25, -0.2) is 9.18 Å². The van der Waals surface area contributed by atoms with Gasteiger partial charge >= 0.3 is 6.09 Å². The fourth-order valence-corrected chi connectivity index (χ4v) is 4.03. The number of hydrogen-bond donors (Lipinski definition) is 0. The first-order valence-corrected chi connectivity index (χ1v) is 11.8. The SMILES string of the molecule is Cc1cc(-c2ccc(C(C)N3CCC(CC(C)(C)C#N)OC3=O)cc2)ccn1.Fc1ccccc1. The van der Waals surface area contributed by atoms with Crippen molar-refractivity contribution < 1.29 is 13.9 Å². The van der Waals surface area contributed by atoms with E-state index in [-0.39, 0.29) is 24.1 Å². The van der Waals surface area contributed by atoms with Crippen LogP contribution in [0, 0.1) is 29.5 Å². The number of benzene rings is 2. The van der Waals surface area contributed by atoms with Crippen LogP contribution in [0.25, 0.3) is 11.1 Å². The Labute approximate surface area is 207 Å². The maximum Gasteiger partial charge on any atom is 0.410 e. The number of nitrogens with zero attached hydrogens (tertiary/aromatic N) is 3. The quantitative estimate of drug-likeness (QED) is 0.397. The van der Waals surface area contributed by atoms with Crippen LogP contribution in [0.15, 0.2) is 72.9 Å². The smallest absolute Gasteiger partial charge is 0.410 e. The topological polar surface area (TPSA) is 66.2 Å². The Morgan fingerprint density at radius 2 is 1.83 bits per heavy atom. The number of carbonyl (C=O) groups is 1. The van der Waals surface area contributed by atoms with Gasteiger partial charge in [0.15, 0.2) is 0 Å². The first-order chi connectivity index (χ1) is 16.7. The molecule has 1 fully saturated rings. The minimum Gasteiger partial charge on any atom is -0.446 e. The van der Waals surface area contributed by atoms with Crippen molar-refractivity contribution in [1.82, 2.24) is 9.88 Å². The van der Waals surface area contributed by atoms with Gasteiger partial charge in [0.25, 0.3) is 0 Å². The summed E-state index contributed by atoms with van der Waals surface area (Å²) in [6, 6.07) is 22.5. The van der Waals surface area contributed by atoms with Crippen LogP contribution in [0.5, 0.6) is 0 Å². The van der Waals surface area contributed by atoms with Gasteiger partial charge in [0.2, 0.25) is 0 Å². The normalized spacial score (nSPS) is 16.4. The van der Waals surface area contributed by atoms with Gasteiger partial charge < -0.3 is 9.64 Å². The Balaban J connectivity index is 0.000000420. The maximum absolute atomic E-state index is 12.5. The molecule has 3 aromatic rings. The molecule has 1 aliphatic heterocycles. The molecule has 182 valence electrons. The van der Waals surface area contributed by atoms with Gasteiger partial charge in [-0.05, 0) is 68.7 Å². The molecular weight excluding hydrogens is 441 g/mol. The Kier molecular flexibility index (Phi) is 8.59. The summed E-state index contributed by atoms with van der Waals surface area (Å²) >= 11 is 0. The third kappa shape index (κ3) is 7.38. The van der Waals surface area contributed by atoms with Crippen molar-refractivity contribution in [2.75, 3.05) is 6.54 Å². The molecule has 0 aliphatic carbocycles. The van der Waals surface area contributed by atoms with E-state index >= 15 is 0 Å². The Hall–Kier alpha value is -3.72. The number of cyclic esters (lactones) is 1. The van der Waals surface area contributed by atoms with E-state index in [0.717, 1.165) is 28.8 Å². The lowest BCUT2D eigenvalue weighted by molar-refractivity contribution is 0.000797. The van der Waals surface area contributed by atoms with Gasteiger partial charge in [0.05, 0.1) is 17.5 Å². The van der Waals surface area contributed by atoms with Crippen molar-refractivity contribution in [3.63, 3.8) is 0 Å². The van der Waals surface area contributed by atoms with E-state index in [2.05, 4.69) is 41.4 Å². The van der Waals surface area contributed by atoms with Gasteiger partial charge in [-0.3, -0.25) is 4.98 Å². The summed E-state index contributed by atoms with van der Waals surface area (Å²) in [5.74, 6) is -0.178. The summed E-state index contributed by atoms with van der Waals surface area (Å²) in [7, 11) is 0. The van der Waals surface area contributed by atoms with Crippen LogP contribution in [0.1, 0.15) is 50.9 Å². The number of aryl methyl sites for hydroxylation is 1. The average molecular weight is 474 g/mol. The lowest BCUT2D eigenvalue weighted by atomic mass is 9.87. The minimum atomic E-state index is -0.486. The summed E-state index contributed by atoms with van der Waals surface area (Å²) in [6.07, 6.45) is 2.64. The molecule has 6 heteroatoms. The predicted molar refractivity (Wildman–Crippen MR) is 135 cm³/mol. The molecule has 0 bridgehead atoms. The number of carbonyl (C=O) groups excluding carboxylic acids is 1. The molecule has 0 spiro atoms. The first kappa shape index (κ1) is 25.9. The van der Waals surface area contributed by atoms with Gasteiger partial charge in [0.1, 0.15) is 11.9 Å². The molecule has 1 aromatic heterocycles. The van der Waals surface area contributed by atoms with Crippen molar-refractivity contribution in [3.8, 4) is 17.2 Å². The summed E-state index contributed by atoms with van der Waals surface area (Å²) in [4.78, 5) is 18.5. The average Bonchev–Trinajstić information content (AvgIpc) is 2.84. The van der Waals surface area contributed by atoms with E-state index < -0.39 is 5.41 Å². The summed E-state index contributed by atoms with van der Waals surface area (Å²) in [6.45, 7) is 8.39. The third-order valence-corrected chi connectivity index (χ3v) is 6.06. The summed E-state index contributed by atoms with van der Waals surface area (Å²) < 4.78 is 17.5. The first-order valence-electron chi connectivity index (χ1n) is 11.8. The molecule has 2 heterocycles. The molecule has 5 nitrogen and oxygen atoms in total. The van der Waals surface area contributed by atoms with Crippen LogP contribution in [0.2, 0.25) is 0 Å². The maximum atomic E-state index is 12.5. The number of pyridine rings is 1. The van der Waals surface area contributed by atoms with Crippen molar-refractivity contribution >= 4 is 6.09 Å². The van der Waals surface area contributed by atoms with Crippen molar-refractivity contribution in [1.29, 1.82) is 5.26 Å². The van der Waals surface area contributed by atoms with Crippen LogP contribution in [0.4, 0.5) is 9.18 Å². The van der Waals surface area contributed by atoms with Crippen LogP contribution >= 0.6 is 0 Å². The zero-order valence-electron chi connectivity index (χ0n) is 20.7. The number of aromatic nitrogens is 1. The fraction of sp³-hybridized carbons (Fsp3) is 0.345. The van der Waals surface area contributed by atoms with E-state index in [1.54, 1.807) is 23.1 Å². The Morgan fingerprint density at radius 1 is 1.14 bits per heavy atom. The molecule has 2 unspecified atom stereocenters. The standard InChI is InChI=1S/C23H27N3O2.C6H5F/c1-16-13-20(9-11-25-16)19-7-5-18(6-8-19)17(2)26-12-10-21(28-22(26)27)14-23(3,4)15-24;7-6-4-2-1-3-5-6/h5-9,11,13,17,21H,10,12,14H2,1-4H3;1-5H. The van der Waals surface area contributed by atoms with E-state index in [9.17, 15) is 14.4 Å². The lowest BCUT2D eigenvalue weighted by Gasteiger charge is -2.37. The molecule has 1 aliphatic rings. The highest BCUT2D eigenvalue weighted by Crippen LogP contribution is 2.31. The Bertz CT molecular complexity index is 1160. The molecule has 2 atom stereocenters. The van der Waals surface area contributed by atoms with Crippen molar-refractivity contribution in [2.24, 2.45) is 5.41 Å². The fourth-order valence-electron chi connectivity index (χ4n) is 4.03. The highest BCUT2D eigenvalue weighted by atomic mass is 19.1. The van der Waals surface area contributed by atoms with Crippen LogP contribution in [0.3, 0.4) is 0 Å². The number of amides is 1. The molecule has 0 saturated carbocycles. The van der Waals surface area contributed by atoms with Crippen LogP contribution in [-0.4, -0.2) is 28.6 Å². The highest BCUT2D eigenvalue weighted by molar-refractivity contribution is 5.69.